The molecule has 0 saturated heterocycles. The molecule has 0 heteroatoms. The minimum Gasteiger partial charge on any atom is -0.0734 e. The molecule has 0 aromatic rings. The lowest BCUT2D eigenvalue weighted by molar-refractivity contribution is 0.278. The van der Waals surface area contributed by atoms with Crippen molar-refractivity contribution in [2.75, 3.05) is 0 Å². The van der Waals surface area contributed by atoms with E-state index in [9.17, 15) is 0 Å². The highest BCUT2D eigenvalue weighted by molar-refractivity contribution is 5.26. The van der Waals surface area contributed by atoms with Crippen LogP contribution >= 0.6 is 0 Å². The molecule has 11 heavy (non-hydrogen) atoms. The summed E-state index contributed by atoms with van der Waals surface area (Å²) < 4.78 is 0. The van der Waals surface area contributed by atoms with Gasteiger partial charge in [-0.15, -0.1) is 0 Å². The standard InChI is InChI=1S/C11H12/c1-10-4-2-6-11(9-5-10)7-3-8-11/h5-6,9H,3,7-8H2,1H3. The molecule has 0 aromatic heterocycles. The first-order valence-electron chi connectivity index (χ1n) is 4.20. The summed E-state index contributed by atoms with van der Waals surface area (Å²) in [6.07, 6.45) is 10.6. The summed E-state index contributed by atoms with van der Waals surface area (Å²) in [5.41, 5.74) is 7.76. The van der Waals surface area contributed by atoms with Crippen LogP contribution in [0.2, 0.25) is 0 Å². The molecule has 2 aliphatic rings. The Hall–Kier alpha value is -0.960. The lowest BCUT2D eigenvalue weighted by Gasteiger charge is -2.35. The zero-order valence-corrected chi connectivity index (χ0v) is 6.85. The largest absolute Gasteiger partial charge is 0.0734 e. The van der Waals surface area contributed by atoms with Gasteiger partial charge in [0.1, 0.15) is 0 Å². The fourth-order valence-electron chi connectivity index (χ4n) is 1.57. The van der Waals surface area contributed by atoms with E-state index >= 15 is 0 Å². The summed E-state index contributed by atoms with van der Waals surface area (Å²) in [5.74, 6) is 0. The quantitative estimate of drug-likeness (QED) is 0.458. The van der Waals surface area contributed by atoms with Crippen LogP contribution in [0.4, 0.5) is 0 Å². The average molecular weight is 144 g/mol. The molecule has 0 nitrogen and oxygen atoms in total. The predicted octanol–water partition coefficient (Wildman–Crippen LogP) is 2.98. The molecule has 1 fully saturated rings. The van der Waals surface area contributed by atoms with E-state index in [1.165, 1.54) is 24.8 Å². The van der Waals surface area contributed by atoms with Gasteiger partial charge in [-0.2, -0.15) is 0 Å². The van der Waals surface area contributed by atoms with Crippen molar-refractivity contribution < 1.29 is 0 Å². The van der Waals surface area contributed by atoms with E-state index in [0.29, 0.717) is 5.41 Å². The van der Waals surface area contributed by atoms with Crippen molar-refractivity contribution in [2.24, 2.45) is 5.41 Å². The van der Waals surface area contributed by atoms with E-state index in [2.05, 4.69) is 36.6 Å². The topological polar surface area (TPSA) is 0 Å². The maximum absolute atomic E-state index is 3.12. The van der Waals surface area contributed by atoms with Gasteiger partial charge in [-0.05, 0) is 31.4 Å². The molecular weight excluding hydrogens is 132 g/mol. The van der Waals surface area contributed by atoms with E-state index in [-0.39, 0.29) is 0 Å². The molecular formula is C11H12. The Bertz CT molecular complexity index is 288. The highest BCUT2D eigenvalue weighted by Crippen LogP contribution is 2.43. The van der Waals surface area contributed by atoms with Crippen molar-refractivity contribution >= 4 is 0 Å². The van der Waals surface area contributed by atoms with E-state index in [0.717, 1.165) is 0 Å². The molecule has 1 spiro atoms. The van der Waals surface area contributed by atoms with Gasteiger partial charge in [-0.3, -0.25) is 0 Å². The lowest BCUT2D eigenvalue weighted by atomic mass is 9.69. The number of hydrogen-bond acceptors (Lipinski definition) is 0. The molecule has 0 unspecified atom stereocenters. The first kappa shape index (κ1) is 6.73. The van der Waals surface area contributed by atoms with Crippen molar-refractivity contribution in [2.45, 2.75) is 26.2 Å². The van der Waals surface area contributed by atoms with Crippen molar-refractivity contribution in [3.63, 3.8) is 0 Å². The Balaban J connectivity index is 2.35. The fourth-order valence-corrected chi connectivity index (χ4v) is 1.57. The van der Waals surface area contributed by atoms with Crippen molar-refractivity contribution in [3.05, 3.63) is 35.3 Å². The van der Waals surface area contributed by atoms with Crippen LogP contribution in [-0.2, 0) is 0 Å². The van der Waals surface area contributed by atoms with Gasteiger partial charge in [0, 0.05) is 5.41 Å². The highest BCUT2D eigenvalue weighted by Gasteiger charge is 2.31. The normalized spacial score (nSPS) is 24.6. The van der Waals surface area contributed by atoms with Crippen LogP contribution in [0, 0.1) is 5.41 Å². The van der Waals surface area contributed by atoms with Gasteiger partial charge < -0.3 is 0 Å². The molecule has 0 aliphatic heterocycles. The molecule has 2 aliphatic carbocycles. The predicted molar refractivity (Wildman–Crippen MR) is 46.2 cm³/mol. The van der Waals surface area contributed by atoms with Gasteiger partial charge in [-0.1, -0.05) is 30.0 Å². The second-order valence-corrected chi connectivity index (χ2v) is 3.52. The minimum atomic E-state index is 0.366. The molecule has 0 bridgehead atoms. The SMILES string of the molecule is CC1=C=C=CC2(C=C1)CCC2. The molecule has 1 saturated carbocycles. The van der Waals surface area contributed by atoms with Crippen LogP contribution in [0.1, 0.15) is 26.2 Å². The average Bonchev–Trinajstić information content (AvgIpc) is 2.09. The van der Waals surface area contributed by atoms with Gasteiger partial charge in [0.2, 0.25) is 0 Å². The van der Waals surface area contributed by atoms with Crippen molar-refractivity contribution in [3.8, 4) is 0 Å². The van der Waals surface area contributed by atoms with Crippen molar-refractivity contribution in [1.82, 2.24) is 0 Å². The summed E-state index contributed by atoms with van der Waals surface area (Å²) in [7, 11) is 0. The Kier molecular flexibility index (Phi) is 1.39. The first-order valence-corrected chi connectivity index (χ1v) is 4.20. The minimum absolute atomic E-state index is 0.366. The summed E-state index contributed by atoms with van der Waals surface area (Å²) in [6.45, 7) is 2.06. The third-order valence-corrected chi connectivity index (χ3v) is 2.58. The Labute approximate surface area is 67.6 Å². The summed E-state index contributed by atoms with van der Waals surface area (Å²) in [6, 6.07) is 0. The van der Waals surface area contributed by atoms with E-state index in [1.807, 2.05) is 0 Å². The number of allylic oxidation sites excluding steroid dienone is 4. The molecule has 0 atom stereocenters. The van der Waals surface area contributed by atoms with Crippen LogP contribution in [-0.4, -0.2) is 0 Å². The molecule has 0 radical (unpaired) electrons. The zero-order chi connectivity index (χ0) is 7.73. The molecule has 2 rings (SSSR count). The molecule has 0 heterocycles. The monoisotopic (exact) mass is 144 g/mol. The van der Waals surface area contributed by atoms with Crippen LogP contribution in [0.3, 0.4) is 0 Å². The van der Waals surface area contributed by atoms with Gasteiger partial charge in [0.15, 0.2) is 0 Å². The van der Waals surface area contributed by atoms with Gasteiger partial charge in [0.05, 0.1) is 0 Å². The van der Waals surface area contributed by atoms with Crippen LogP contribution in [0.5, 0.6) is 0 Å². The van der Waals surface area contributed by atoms with Crippen LogP contribution in [0.25, 0.3) is 0 Å². The molecule has 56 valence electrons. The van der Waals surface area contributed by atoms with Crippen LogP contribution < -0.4 is 0 Å². The summed E-state index contributed by atoms with van der Waals surface area (Å²) in [5, 5.41) is 0. The third-order valence-electron chi connectivity index (χ3n) is 2.58. The highest BCUT2D eigenvalue weighted by atomic mass is 14.3. The lowest BCUT2D eigenvalue weighted by Crippen LogP contribution is -2.23. The Morgan fingerprint density at radius 3 is 2.91 bits per heavy atom. The molecule has 0 aromatic carbocycles. The van der Waals surface area contributed by atoms with Gasteiger partial charge in [-0.25, -0.2) is 0 Å². The smallest absolute Gasteiger partial charge is 0.0146 e. The fraction of sp³-hybridized carbons (Fsp3) is 0.455. The van der Waals surface area contributed by atoms with E-state index in [4.69, 9.17) is 0 Å². The summed E-state index contributed by atoms with van der Waals surface area (Å²) in [4.78, 5) is 0. The third kappa shape index (κ3) is 1.12. The maximum Gasteiger partial charge on any atom is 0.0146 e. The second kappa shape index (κ2) is 2.27. The zero-order valence-electron chi connectivity index (χ0n) is 6.85. The Morgan fingerprint density at radius 2 is 2.27 bits per heavy atom. The van der Waals surface area contributed by atoms with E-state index in [1.54, 1.807) is 0 Å². The van der Waals surface area contributed by atoms with Gasteiger partial charge in [0.25, 0.3) is 0 Å². The molecule has 0 amide bonds. The molecule has 0 N–H and O–H groups in total. The second-order valence-electron chi connectivity index (χ2n) is 3.52. The maximum atomic E-state index is 3.12. The van der Waals surface area contributed by atoms with E-state index < -0.39 is 0 Å². The number of rotatable bonds is 0. The van der Waals surface area contributed by atoms with Crippen molar-refractivity contribution in [1.29, 1.82) is 0 Å². The summed E-state index contributed by atoms with van der Waals surface area (Å²) >= 11 is 0. The number of hydrogen-bond donors (Lipinski definition) is 0. The van der Waals surface area contributed by atoms with Crippen LogP contribution in [0.15, 0.2) is 35.3 Å². The Morgan fingerprint density at radius 1 is 1.45 bits per heavy atom. The first-order chi connectivity index (χ1) is 5.31. The van der Waals surface area contributed by atoms with Gasteiger partial charge >= 0.3 is 0 Å².